The van der Waals surface area contributed by atoms with Crippen LogP contribution in [0.1, 0.15) is 0 Å². The summed E-state index contributed by atoms with van der Waals surface area (Å²) in [4.78, 5) is 0. The summed E-state index contributed by atoms with van der Waals surface area (Å²) in [5, 5.41) is 3.28. The molecule has 1 atom stereocenters. The van der Waals surface area contributed by atoms with Crippen molar-refractivity contribution in [2.24, 2.45) is 0 Å². The lowest BCUT2D eigenvalue weighted by Crippen LogP contribution is -2.39. The van der Waals surface area contributed by atoms with Gasteiger partial charge in [-0.2, -0.15) is 11.8 Å². The van der Waals surface area contributed by atoms with Crippen molar-refractivity contribution in [3.63, 3.8) is 0 Å². The number of ether oxygens (including phenoxy) is 1. The Kier molecular flexibility index (Phi) is 3.40. The summed E-state index contributed by atoms with van der Waals surface area (Å²) < 4.78 is 5.44. The third kappa shape index (κ3) is 2.56. The maximum Gasteiger partial charge on any atom is 0.0790 e. The molecule has 1 saturated heterocycles. The summed E-state index contributed by atoms with van der Waals surface area (Å²) in [5.41, 5.74) is 0. The number of nitrogens with one attached hydrogen (secondary N) is 1. The lowest BCUT2D eigenvalue weighted by Gasteiger charge is -2.22. The molecule has 2 nitrogen and oxygen atoms in total. The van der Waals surface area contributed by atoms with Gasteiger partial charge in [-0.1, -0.05) is 0 Å². The Hall–Kier alpha value is 0.270. The topological polar surface area (TPSA) is 21.3 Å². The Bertz CT molecular complexity index is 70.7. The van der Waals surface area contributed by atoms with Crippen LogP contribution in [0.15, 0.2) is 0 Å². The SMILES string of the molecule is CSCC1CNCCO1. The third-order valence-electron chi connectivity index (χ3n) is 1.36. The van der Waals surface area contributed by atoms with Crippen molar-refractivity contribution in [1.82, 2.24) is 5.32 Å². The first-order valence-corrected chi connectivity index (χ1v) is 4.64. The number of thioether (sulfide) groups is 1. The first-order chi connectivity index (χ1) is 4.43. The highest BCUT2D eigenvalue weighted by Crippen LogP contribution is 2.02. The van der Waals surface area contributed by atoms with Crippen LogP contribution in [0, 0.1) is 0 Å². The van der Waals surface area contributed by atoms with Gasteiger partial charge >= 0.3 is 0 Å². The molecule has 0 radical (unpaired) electrons. The van der Waals surface area contributed by atoms with E-state index in [1.54, 1.807) is 0 Å². The molecular weight excluding hydrogens is 134 g/mol. The van der Waals surface area contributed by atoms with Crippen LogP contribution >= 0.6 is 11.8 Å². The molecule has 1 aliphatic heterocycles. The fourth-order valence-corrected chi connectivity index (χ4v) is 1.50. The molecule has 1 aliphatic rings. The molecule has 0 aliphatic carbocycles. The van der Waals surface area contributed by atoms with E-state index in [0.29, 0.717) is 6.10 Å². The van der Waals surface area contributed by atoms with Gasteiger partial charge in [-0.05, 0) is 6.26 Å². The van der Waals surface area contributed by atoms with E-state index >= 15 is 0 Å². The summed E-state index contributed by atoms with van der Waals surface area (Å²) in [6, 6.07) is 0. The Morgan fingerprint density at radius 1 is 1.78 bits per heavy atom. The van der Waals surface area contributed by atoms with E-state index in [9.17, 15) is 0 Å². The minimum Gasteiger partial charge on any atom is -0.375 e. The zero-order chi connectivity index (χ0) is 6.53. The molecule has 0 spiro atoms. The highest BCUT2D eigenvalue weighted by Gasteiger charge is 2.10. The minimum atomic E-state index is 0.453. The molecule has 3 heteroatoms. The molecule has 0 saturated carbocycles. The van der Waals surface area contributed by atoms with Gasteiger partial charge in [-0.3, -0.25) is 0 Å². The van der Waals surface area contributed by atoms with Crippen molar-refractivity contribution >= 4 is 11.8 Å². The van der Waals surface area contributed by atoms with Gasteiger partial charge in [0.25, 0.3) is 0 Å². The summed E-state index contributed by atoms with van der Waals surface area (Å²) in [6.07, 6.45) is 2.56. The smallest absolute Gasteiger partial charge is 0.0790 e. The second-order valence-corrected chi connectivity index (χ2v) is 3.06. The van der Waals surface area contributed by atoms with Gasteiger partial charge in [-0.15, -0.1) is 0 Å². The van der Waals surface area contributed by atoms with Crippen LogP contribution in [0.3, 0.4) is 0 Å². The van der Waals surface area contributed by atoms with Gasteiger partial charge < -0.3 is 10.1 Å². The van der Waals surface area contributed by atoms with Crippen molar-refractivity contribution < 1.29 is 4.74 Å². The van der Waals surface area contributed by atoms with Gasteiger partial charge in [0.2, 0.25) is 0 Å². The largest absolute Gasteiger partial charge is 0.375 e. The molecule has 0 aromatic heterocycles. The molecular formula is C6H13NOS. The average Bonchev–Trinajstić information content (AvgIpc) is 1.91. The molecule has 1 rings (SSSR count). The van der Waals surface area contributed by atoms with Gasteiger partial charge in [0, 0.05) is 18.8 Å². The van der Waals surface area contributed by atoms with Gasteiger partial charge in [0.15, 0.2) is 0 Å². The maximum atomic E-state index is 5.44. The van der Waals surface area contributed by atoms with Crippen LogP contribution < -0.4 is 5.32 Å². The van der Waals surface area contributed by atoms with E-state index in [1.165, 1.54) is 0 Å². The fourth-order valence-electron chi connectivity index (χ4n) is 0.913. The molecule has 0 aromatic carbocycles. The molecule has 0 amide bonds. The van der Waals surface area contributed by atoms with E-state index in [0.717, 1.165) is 25.4 Å². The Labute approximate surface area is 60.3 Å². The van der Waals surface area contributed by atoms with Gasteiger partial charge in [0.05, 0.1) is 12.7 Å². The van der Waals surface area contributed by atoms with Gasteiger partial charge in [-0.25, -0.2) is 0 Å². The monoisotopic (exact) mass is 147 g/mol. The van der Waals surface area contributed by atoms with Crippen molar-refractivity contribution in [2.75, 3.05) is 31.7 Å². The average molecular weight is 147 g/mol. The Morgan fingerprint density at radius 3 is 3.22 bits per heavy atom. The Morgan fingerprint density at radius 2 is 2.67 bits per heavy atom. The third-order valence-corrected chi connectivity index (χ3v) is 2.06. The molecule has 1 N–H and O–H groups in total. The predicted molar refractivity (Wildman–Crippen MR) is 41.0 cm³/mol. The van der Waals surface area contributed by atoms with E-state index in [4.69, 9.17) is 4.74 Å². The zero-order valence-electron chi connectivity index (χ0n) is 5.72. The molecule has 0 bridgehead atoms. The van der Waals surface area contributed by atoms with Crippen molar-refractivity contribution in [2.45, 2.75) is 6.10 Å². The summed E-state index contributed by atoms with van der Waals surface area (Å²) >= 11 is 1.84. The molecule has 9 heavy (non-hydrogen) atoms. The number of rotatable bonds is 2. The van der Waals surface area contributed by atoms with Crippen molar-refractivity contribution in [3.05, 3.63) is 0 Å². The standard InChI is InChI=1S/C6H13NOS/c1-9-5-6-4-7-2-3-8-6/h6-7H,2-5H2,1H3. The van der Waals surface area contributed by atoms with Crippen LogP contribution in [0.25, 0.3) is 0 Å². The van der Waals surface area contributed by atoms with Gasteiger partial charge in [0.1, 0.15) is 0 Å². The van der Waals surface area contributed by atoms with E-state index < -0.39 is 0 Å². The van der Waals surface area contributed by atoms with E-state index in [1.807, 2.05) is 11.8 Å². The second kappa shape index (κ2) is 4.14. The normalized spacial score (nSPS) is 28.3. The molecule has 0 aromatic rings. The number of hydrogen-bond donors (Lipinski definition) is 1. The minimum absolute atomic E-state index is 0.453. The van der Waals surface area contributed by atoms with Crippen molar-refractivity contribution in [1.29, 1.82) is 0 Å². The van der Waals surface area contributed by atoms with E-state index in [2.05, 4.69) is 11.6 Å². The van der Waals surface area contributed by atoms with E-state index in [-0.39, 0.29) is 0 Å². The highest BCUT2D eigenvalue weighted by atomic mass is 32.2. The number of hydrogen-bond acceptors (Lipinski definition) is 3. The quantitative estimate of drug-likeness (QED) is 0.608. The van der Waals surface area contributed by atoms with Crippen LogP contribution in [0.5, 0.6) is 0 Å². The van der Waals surface area contributed by atoms with Crippen LogP contribution in [0.4, 0.5) is 0 Å². The molecule has 1 heterocycles. The predicted octanol–water partition coefficient (Wildman–Crippen LogP) is 0.338. The van der Waals surface area contributed by atoms with Crippen LogP contribution in [-0.2, 0) is 4.74 Å². The molecule has 1 fully saturated rings. The van der Waals surface area contributed by atoms with Crippen LogP contribution in [0.2, 0.25) is 0 Å². The highest BCUT2D eigenvalue weighted by molar-refractivity contribution is 7.98. The second-order valence-electron chi connectivity index (χ2n) is 2.15. The first kappa shape index (κ1) is 7.38. The number of morpholine rings is 1. The van der Waals surface area contributed by atoms with Crippen LogP contribution in [-0.4, -0.2) is 37.8 Å². The molecule has 54 valence electrons. The lowest BCUT2D eigenvalue weighted by atomic mass is 10.3. The van der Waals surface area contributed by atoms with Crippen molar-refractivity contribution in [3.8, 4) is 0 Å². The lowest BCUT2D eigenvalue weighted by molar-refractivity contribution is 0.0441. The fraction of sp³-hybridized carbons (Fsp3) is 1.00. The summed E-state index contributed by atoms with van der Waals surface area (Å²) in [7, 11) is 0. The Balaban J connectivity index is 2.08. The summed E-state index contributed by atoms with van der Waals surface area (Å²) in [5.74, 6) is 1.12. The first-order valence-electron chi connectivity index (χ1n) is 3.24. The summed E-state index contributed by atoms with van der Waals surface area (Å²) in [6.45, 7) is 2.93. The maximum absolute atomic E-state index is 5.44. The molecule has 1 unspecified atom stereocenters. The zero-order valence-corrected chi connectivity index (χ0v) is 6.54.